The van der Waals surface area contributed by atoms with Crippen molar-refractivity contribution >= 4 is 37.5 Å². The Bertz CT molecular complexity index is 1230. The molecule has 1 aliphatic heterocycles. The van der Waals surface area contributed by atoms with Crippen molar-refractivity contribution in [1.82, 2.24) is 9.21 Å². The molecule has 33 heavy (non-hydrogen) atoms. The van der Waals surface area contributed by atoms with E-state index >= 15 is 0 Å². The van der Waals surface area contributed by atoms with Crippen molar-refractivity contribution in [2.45, 2.75) is 11.4 Å². The van der Waals surface area contributed by atoms with E-state index in [-0.39, 0.29) is 11.6 Å². The van der Waals surface area contributed by atoms with Gasteiger partial charge in [-0.2, -0.15) is 4.31 Å². The highest BCUT2D eigenvalue weighted by Gasteiger charge is 2.28. The second kappa shape index (κ2) is 10.1. The van der Waals surface area contributed by atoms with Crippen molar-refractivity contribution in [2.24, 2.45) is 0 Å². The van der Waals surface area contributed by atoms with Crippen LogP contribution in [0.15, 0.2) is 82.2 Å². The molecule has 1 N–H and O–H groups in total. The van der Waals surface area contributed by atoms with Gasteiger partial charge in [0, 0.05) is 42.8 Å². The second-order valence-corrected chi connectivity index (χ2v) is 10.6. The first-order valence-corrected chi connectivity index (χ1v) is 12.7. The van der Waals surface area contributed by atoms with Crippen LogP contribution in [0, 0.1) is 5.82 Å². The largest absolute Gasteiger partial charge is 0.319 e. The topological polar surface area (TPSA) is 69.7 Å². The van der Waals surface area contributed by atoms with Crippen LogP contribution in [0.1, 0.15) is 15.9 Å². The first kappa shape index (κ1) is 23.6. The Morgan fingerprint density at radius 2 is 1.61 bits per heavy atom. The summed E-state index contributed by atoms with van der Waals surface area (Å²) in [5.41, 5.74) is 1.57. The molecule has 172 valence electrons. The SMILES string of the molecule is O=C(Nc1ccc(Br)cc1F)c1ccc(CN2CCN(S(=O)(=O)c3ccccc3)CC2)cc1. The van der Waals surface area contributed by atoms with Crippen LogP contribution >= 0.6 is 15.9 Å². The van der Waals surface area contributed by atoms with Gasteiger partial charge in [0.1, 0.15) is 5.82 Å². The highest BCUT2D eigenvalue weighted by molar-refractivity contribution is 9.10. The summed E-state index contributed by atoms with van der Waals surface area (Å²) in [6, 6.07) is 20.1. The van der Waals surface area contributed by atoms with E-state index in [0.717, 1.165) is 5.56 Å². The number of sulfonamides is 1. The Hall–Kier alpha value is -2.59. The Balaban J connectivity index is 1.32. The molecule has 3 aromatic rings. The summed E-state index contributed by atoms with van der Waals surface area (Å²) in [5.74, 6) is -0.898. The molecule has 9 heteroatoms. The molecule has 0 spiro atoms. The lowest BCUT2D eigenvalue weighted by atomic mass is 10.1. The summed E-state index contributed by atoms with van der Waals surface area (Å²) in [7, 11) is -3.47. The molecule has 1 fully saturated rings. The third-order valence-corrected chi connectivity index (χ3v) is 7.92. The number of carbonyl (C=O) groups excluding carboxylic acids is 1. The Labute approximate surface area is 201 Å². The van der Waals surface area contributed by atoms with Gasteiger partial charge in [0.05, 0.1) is 10.6 Å². The van der Waals surface area contributed by atoms with Crippen molar-refractivity contribution in [3.05, 3.63) is 94.2 Å². The molecule has 0 aliphatic carbocycles. The van der Waals surface area contributed by atoms with Crippen molar-refractivity contribution in [3.63, 3.8) is 0 Å². The van der Waals surface area contributed by atoms with E-state index in [0.29, 0.717) is 47.7 Å². The fourth-order valence-corrected chi connectivity index (χ4v) is 5.45. The van der Waals surface area contributed by atoms with Crippen LogP contribution in [-0.4, -0.2) is 49.7 Å². The van der Waals surface area contributed by atoms with Gasteiger partial charge in [-0.1, -0.05) is 46.3 Å². The lowest BCUT2D eigenvalue weighted by molar-refractivity contribution is 0.102. The summed E-state index contributed by atoms with van der Waals surface area (Å²) in [6.45, 7) is 2.75. The number of nitrogens with one attached hydrogen (secondary N) is 1. The highest BCUT2D eigenvalue weighted by atomic mass is 79.9. The molecule has 1 aliphatic rings. The van der Waals surface area contributed by atoms with Gasteiger partial charge in [-0.05, 0) is 48.0 Å². The number of carbonyl (C=O) groups is 1. The number of hydrogen-bond donors (Lipinski definition) is 1. The van der Waals surface area contributed by atoms with E-state index in [2.05, 4.69) is 26.1 Å². The first-order valence-electron chi connectivity index (χ1n) is 10.5. The van der Waals surface area contributed by atoms with Crippen LogP contribution < -0.4 is 5.32 Å². The second-order valence-electron chi connectivity index (χ2n) is 7.77. The van der Waals surface area contributed by atoms with Crippen LogP contribution in [-0.2, 0) is 16.6 Å². The molecule has 0 radical (unpaired) electrons. The number of hydrogen-bond acceptors (Lipinski definition) is 4. The molecule has 0 unspecified atom stereocenters. The molecule has 1 heterocycles. The fraction of sp³-hybridized carbons (Fsp3) is 0.208. The molecular weight excluding hydrogens is 509 g/mol. The zero-order chi connectivity index (χ0) is 23.4. The van der Waals surface area contributed by atoms with Crippen molar-refractivity contribution < 1.29 is 17.6 Å². The summed E-state index contributed by atoms with van der Waals surface area (Å²) >= 11 is 3.19. The third kappa shape index (κ3) is 5.67. The fourth-order valence-electron chi connectivity index (χ4n) is 3.67. The molecule has 0 aromatic heterocycles. The number of piperazine rings is 1. The van der Waals surface area contributed by atoms with Gasteiger partial charge in [-0.25, -0.2) is 12.8 Å². The lowest BCUT2D eigenvalue weighted by Crippen LogP contribution is -2.48. The Kier molecular flexibility index (Phi) is 7.23. The minimum atomic E-state index is -3.47. The quantitative estimate of drug-likeness (QED) is 0.513. The van der Waals surface area contributed by atoms with Gasteiger partial charge in [0.25, 0.3) is 5.91 Å². The molecular formula is C24H23BrFN3O3S. The van der Waals surface area contributed by atoms with E-state index < -0.39 is 15.8 Å². The van der Waals surface area contributed by atoms with Crippen molar-refractivity contribution in [2.75, 3.05) is 31.5 Å². The van der Waals surface area contributed by atoms with Crippen LogP contribution in [0.2, 0.25) is 0 Å². The maximum Gasteiger partial charge on any atom is 0.255 e. The molecule has 0 atom stereocenters. The van der Waals surface area contributed by atoms with E-state index in [1.54, 1.807) is 48.5 Å². The van der Waals surface area contributed by atoms with E-state index in [1.807, 2.05) is 12.1 Å². The average molecular weight is 532 g/mol. The van der Waals surface area contributed by atoms with Gasteiger partial charge >= 0.3 is 0 Å². The Morgan fingerprint density at radius 3 is 2.24 bits per heavy atom. The maximum atomic E-state index is 14.0. The van der Waals surface area contributed by atoms with Crippen molar-refractivity contribution in [3.8, 4) is 0 Å². The number of halogens is 2. The molecule has 0 bridgehead atoms. The van der Waals surface area contributed by atoms with Crippen LogP contribution in [0.3, 0.4) is 0 Å². The number of anilines is 1. The first-order chi connectivity index (χ1) is 15.8. The van der Waals surface area contributed by atoms with Gasteiger partial charge in [-0.3, -0.25) is 9.69 Å². The zero-order valence-corrected chi connectivity index (χ0v) is 20.1. The van der Waals surface area contributed by atoms with Gasteiger partial charge in [0.15, 0.2) is 0 Å². The Morgan fingerprint density at radius 1 is 0.939 bits per heavy atom. The smallest absolute Gasteiger partial charge is 0.255 e. The van der Waals surface area contributed by atoms with Gasteiger partial charge < -0.3 is 5.32 Å². The average Bonchev–Trinajstić information content (AvgIpc) is 2.82. The molecule has 4 rings (SSSR count). The normalized spacial score (nSPS) is 15.3. The van der Waals surface area contributed by atoms with Gasteiger partial charge in [0.2, 0.25) is 10.0 Å². The van der Waals surface area contributed by atoms with Crippen molar-refractivity contribution in [1.29, 1.82) is 0 Å². The number of benzene rings is 3. The monoisotopic (exact) mass is 531 g/mol. The predicted octanol–water partition coefficient (Wildman–Crippen LogP) is 4.35. The molecule has 1 amide bonds. The molecule has 1 saturated heterocycles. The standard InChI is InChI=1S/C24H23BrFN3O3S/c25-20-10-11-23(22(26)16-20)27-24(30)19-8-6-18(7-9-19)17-28-12-14-29(15-13-28)33(31,32)21-4-2-1-3-5-21/h1-11,16H,12-15,17H2,(H,27,30). The van der Waals surface area contributed by atoms with Gasteiger partial charge in [-0.15, -0.1) is 0 Å². The maximum absolute atomic E-state index is 14.0. The molecule has 3 aromatic carbocycles. The summed E-state index contributed by atoms with van der Waals surface area (Å²) < 4.78 is 41.6. The van der Waals surface area contributed by atoms with E-state index in [1.165, 1.54) is 16.4 Å². The minimum Gasteiger partial charge on any atom is -0.319 e. The zero-order valence-electron chi connectivity index (χ0n) is 17.7. The van der Waals surface area contributed by atoms with Crippen LogP contribution in [0.5, 0.6) is 0 Å². The summed E-state index contributed by atoms with van der Waals surface area (Å²) in [5, 5.41) is 2.58. The van der Waals surface area contributed by atoms with Crippen LogP contribution in [0.25, 0.3) is 0 Å². The third-order valence-electron chi connectivity index (χ3n) is 5.51. The summed E-state index contributed by atoms with van der Waals surface area (Å²) in [6.07, 6.45) is 0. The molecule has 0 saturated carbocycles. The summed E-state index contributed by atoms with van der Waals surface area (Å²) in [4.78, 5) is 14.9. The lowest BCUT2D eigenvalue weighted by Gasteiger charge is -2.34. The van der Waals surface area contributed by atoms with E-state index in [4.69, 9.17) is 0 Å². The minimum absolute atomic E-state index is 0.121. The molecule has 6 nitrogen and oxygen atoms in total. The number of amides is 1. The number of nitrogens with zero attached hydrogens (tertiary/aromatic N) is 2. The van der Waals surface area contributed by atoms with Crippen LogP contribution in [0.4, 0.5) is 10.1 Å². The number of rotatable bonds is 6. The van der Waals surface area contributed by atoms with E-state index in [9.17, 15) is 17.6 Å². The highest BCUT2D eigenvalue weighted by Crippen LogP contribution is 2.21. The predicted molar refractivity (Wildman–Crippen MR) is 129 cm³/mol.